The van der Waals surface area contributed by atoms with Crippen LogP contribution in [0.1, 0.15) is 29.7 Å². The fourth-order valence-corrected chi connectivity index (χ4v) is 3.54. The molecule has 1 aromatic heterocycles. The van der Waals surface area contributed by atoms with E-state index in [2.05, 4.69) is 16.4 Å². The minimum absolute atomic E-state index is 0. The van der Waals surface area contributed by atoms with Crippen molar-refractivity contribution in [2.75, 3.05) is 13.1 Å². The van der Waals surface area contributed by atoms with Crippen LogP contribution in [-0.4, -0.2) is 23.3 Å². The highest BCUT2D eigenvalue weighted by Crippen LogP contribution is 2.30. The van der Waals surface area contributed by atoms with Crippen LogP contribution in [0.2, 0.25) is 0 Å². The monoisotopic (exact) mass is 283 g/mol. The number of pyridine rings is 1. The zero-order valence-corrected chi connectivity index (χ0v) is 12.3. The Morgan fingerprint density at radius 3 is 2.67 bits per heavy atom. The summed E-state index contributed by atoms with van der Waals surface area (Å²) in [6.45, 7) is 6.38. The predicted molar refractivity (Wildman–Crippen MR) is 69.0 cm³/mol. The Balaban J connectivity index is 0.00000162. The van der Waals surface area contributed by atoms with Gasteiger partial charge in [-0.1, -0.05) is 0 Å². The zero-order valence-electron chi connectivity index (χ0n) is 10.7. The van der Waals surface area contributed by atoms with Crippen LogP contribution in [0.3, 0.4) is 0 Å². The zero-order chi connectivity index (χ0) is 12.3. The first-order chi connectivity index (χ1) is 8.20. The lowest BCUT2D eigenvalue weighted by molar-refractivity contribution is -0.661. The van der Waals surface area contributed by atoms with Crippen molar-refractivity contribution in [3.63, 3.8) is 0 Å². The maximum atomic E-state index is 9.21. The van der Waals surface area contributed by atoms with Crippen molar-refractivity contribution in [2.45, 2.75) is 37.0 Å². The van der Waals surface area contributed by atoms with Crippen molar-refractivity contribution in [1.82, 2.24) is 4.98 Å². The number of hydrogen-bond donors (Lipinski definition) is 1. The molecule has 2 heterocycles. The van der Waals surface area contributed by atoms with E-state index in [4.69, 9.17) is 0 Å². The number of hydrogen-bond acceptors (Lipinski definition) is 3. The van der Waals surface area contributed by atoms with Crippen molar-refractivity contribution < 1.29 is 17.7 Å². The predicted octanol–water partition coefficient (Wildman–Crippen LogP) is -1.61. The molecule has 98 valence electrons. The fourth-order valence-electron chi connectivity index (χ4n) is 2.20. The molecular weight excluding hydrogens is 266 g/mol. The summed E-state index contributed by atoms with van der Waals surface area (Å²) in [4.78, 5) is 4.53. The van der Waals surface area contributed by atoms with Gasteiger partial charge in [0.2, 0.25) is 0 Å². The fraction of sp³-hybridized carbons (Fsp3) is 0.538. The number of nitrogens with two attached hydrogens (primary N) is 1. The van der Waals surface area contributed by atoms with Crippen LogP contribution in [-0.2, 0) is 0 Å². The summed E-state index contributed by atoms with van der Waals surface area (Å²) in [6.07, 6.45) is 2.43. The summed E-state index contributed by atoms with van der Waals surface area (Å²) in [7, 11) is 0. The van der Waals surface area contributed by atoms with Gasteiger partial charge in [0.1, 0.15) is 11.1 Å². The van der Waals surface area contributed by atoms with Gasteiger partial charge < -0.3 is 17.7 Å². The Hall–Kier alpha value is -0.760. The van der Waals surface area contributed by atoms with Gasteiger partial charge >= 0.3 is 0 Å². The first-order valence-electron chi connectivity index (χ1n) is 6.07. The standard InChI is InChI=1S/C13H17N3S.ClH/c1-9-7-10(2)16-13(12(9)8-14)17-11-3-5-15-6-4-11;/h7,11,15H,3-6H2,1-2H3;1H. The molecular formula is C13H18ClN3S. The molecule has 0 bridgehead atoms. The van der Waals surface area contributed by atoms with Crippen LogP contribution < -0.4 is 17.7 Å². The molecule has 1 aromatic rings. The molecule has 1 saturated heterocycles. The number of aryl methyl sites for hydroxylation is 2. The van der Waals surface area contributed by atoms with E-state index in [1.165, 1.54) is 25.9 Å². The number of nitriles is 1. The van der Waals surface area contributed by atoms with E-state index in [-0.39, 0.29) is 12.4 Å². The summed E-state index contributed by atoms with van der Waals surface area (Å²) in [5, 5.41) is 13.1. The van der Waals surface area contributed by atoms with Gasteiger partial charge in [-0.3, -0.25) is 0 Å². The van der Waals surface area contributed by atoms with Crippen molar-refractivity contribution in [1.29, 1.82) is 5.26 Å². The Kier molecular flexibility index (Phi) is 5.94. The lowest BCUT2D eigenvalue weighted by atomic mass is 10.1. The molecule has 1 aliphatic rings. The van der Waals surface area contributed by atoms with Gasteiger partial charge in [-0.15, -0.1) is 11.8 Å². The summed E-state index contributed by atoms with van der Waals surface area (Å²) in [5.41, 5.74) is 2.81. The second-order valence-corrected chi connectivity index (χ2v) is 5.84. The van der Waals surface area contributed by atoms with Gasteiger partial charge in [-0.05, 0) is 25.5 Å². The number of halogens is 1. The van der Waals surface area contributed by atoms with E-state index < -0.39 is 0 Å². The van der Waals surface area contributed by atoms with E-state index in [0.717, 1.165) is 21.8 Å². The Morgan fingerprint density at radius 2 is 2.06 bits per heavy atom. The minimum atomic E-state index is 0. The third-order valence-corrected chi connectivity index (χ3v) is 4.41. The number of nitrogens with zero attached hydrogens (tertiary/aromatic N) is 2. The lowest BCUT2D eigenvalue weighted by Crippen LogP contribution is -3.00. The number of rotatable bonds is 2. The molecule has 2 rings (SSSR count). The van der Waals surface area contributed by atoms with Gasteiger partial charge in [-0.2, -0.15) is 5.26 Å². The smallest absolute Gasteiger partial charge is 0.115 e. The summed E-state index contributed by atoms with van der Waals surface area (Å²) in [6, 6.07) is 4.27. The van der Waals surface area contributed by atoms with Crippen molar-refractivity contribution in [2.24, 2.45) is 0 Å². The maximum Gasteiger partial charge on any atom is 0.115 e. The van der Waals surface area contributed by atoms with Crippen LogP contribution in [0.5, 0.6) is 0 Å². The van der Waals surface area contributed by atoms with Crippen LogP contribution in [0.25, 0.3) is 0 Å². The molecule has 18 heavy (non-hydrogen) atoms. The molecule has 0 saturated carbocycles. The lowest BCUT2D eigenvalue weighted by Gasteiger charge is -2.20. The van der Waals surface area contributed by atoms with Crippen LogP contribution in [0.4, 0.5) is 0 Å². The third kappa shape index (κ3) is 3.61. The molecule has 3 nitrogen and oxygen atoms in total. The number of thioether (sulfide) groups is 1. The summed E-state index contributed by atoms with van der Waals surface area (Å²) >= 11 is 1.79. The van der Waals surface area contributed by atoms with E-state index in [0.29, 0.717) is 5.25 Å². The summed E-state index contributed by atoms with van der Waals surface area (Å²) in [5.74, 6) is 0. The Morgan fingerprint density at radius 1 is 1.39 bits per heavy atom. The van der Waals surface area contributed by atoms with Gasteiger partial charge in [0.05, 0.1) is 18.7 Å². The number of aromatic nitrogens is 1. The Labute approximate surface area is 119 Å². The van der Waals surface area contributed by atoms with Crippen molar-refractivity contribution in [3.05, 3.63) is 22.9 Å². The highest BCUT2D eigenvalue weighted by molar-refractivity contribution is 7.99. The average Bonchev–Trinajstić information content (AvgIpc) is 2.30. The van der Waals surface area contributed by atoms with E-state index in [9.17, 15) is 5.26 Å². The number of piperidine rings is 1. The molecule has 0 unspecified atom stereocenters. The molecule has 5 heteroatoms. The highest BCUT2D eigenvalue weighted by Gasteiger charge is 2.19. The SMILES string of the molecule is Cc1cc(C)c(C#N)c(SC2CC[NH2+]CC2)n1.[Cl-]. The molecule has 1 fully saturated rings. The normalized spacial score (nSPS) is 15.8. The highest BCUT2D eigenvalue weighted by atomic mass is 35.5. The van der Waals surface area contributed by atoms with Gasteiger partial charge in [-0.25, -0.2) is 4.98 Å². The molecule has 0 radical (unpaired) electrons. The van der Waals surface area contributed by atoms with E-state index in [1.807, 2.05) is 19.9 Å². The molecule has 2 N–H and O–H groups in total. The van der Waals surface area contributed by atoms with Gasteiger partial charge in [0.15, 0.2) is 0 Å². The molecule has 0 atom stereocenters. The van der Waals surface area contributed by atoms with Crippen LogP contribution in [0, 0.1) is 25.2 Å². The number of quaternary nitrogens is 1. The first kappa shape index (κ1) is 15.3. The van der Waals surface area contributed by atoms with E-state index in [1.54, 1.807) is 11.8 Å². The molecule has 0 aromatic carbocycles. The minimum Gasteiger partial charge on any atom is -1.00 e. The van der Waals surface area contributed by atoms with E-state index >= 15 is 0 Å². The second-order valence-electron chi connectivity index (χ2n) is 4.56. The topological polar surface area (TPSA) is 53.3 Å². The third-order valence-electron chi connectivity index (χ3n) is 3.09. The van der Waals surface area contributed by atoms with Crippen molar-refractivity contribution >= 4 is 11.8 Å². The largest absolute Gasteiger partial charge is 1.00 e. The molecule has 1 aliphatic heterocycles. The molecule has 0 amide bonds. The summed E-state index contributed by atoms with van der Waals surface area (Å²) < 4.78 is 0. The van der Waals surface area contributed by atoms with Gasteiger partial charge in [0.25, 0.3) is 0 Å². The molecule has 0 aliphatic carbocycles. The van der Waals surface area contributed by atoms with Gasteiger partial charge in [0, 0.05) is 23.8 Å². The maximum absolute atomic E-state index is 9.21. The average molecular weight is 284 g/mol. The first-order valence-corrected chi connectivity index (χ1v) is 6.95. The van der Waals surface area contributed by atoms with Crippen molar-refractivity contribution in [3.8, 4) is 6.07 Å². The second kappa shape index (κ2) is 6.98. The molecule has 0 spiro atoms. The van der Waals surface area contributed by atoms with Crippen LogP contribution >= 0.6 is 11.8 Å². The Bertz CT molecular complexity index is 450. The van der Waals surface area contributed by atoms with Crippen LogP contribution in [0.15, 0.2) is 11.1 Å². The quantitative estimate of drug-likeness (QED) is 0.711.